The van der Waals surface area contributed by atoms with E-state index in [0.717, 1.165) is 0 Å². The van der Waals surface area contributed by atoms with Crippen molar-refractivity contribution in [3.05, 3.63) is 30.6 Å². The largest absolute Gasteiger partial charge is 0.493 e. The first-order valence-electron chi connectivity index (χ1n) is 9.75. The number of carbonyl (C=O) groups is 1. The fourth-order valence-electron chi connectivity index (χ4n) is 3.76. The third-order valence-electron chi connectivity index (χ3n) is 5.34. The van der Waals surface area contributed by atoms with E-state index in [0.29, 0.717) is 33.8 Å². The Kier molecular flexibility index (Phi) is 5.57. The SMILES string of the molecule is COc1ccc(-c2cc3ncn(C)c3c(O[C@@H]([C@H]3CNC(=O)C3)C(F)(F)F)n2)cc1OC. The Labute approximate surface area is 181 Å². The summed E-state index contributed by atoms with van der Waals surface area (Å²) in [7, 11) is 4.63. The summed E-state index contributed by atoms with van der Waals surface area (Å²) in [6, 6.07) is 6.71. The van der Waals surface area contributed by atoms with Gasteiger partial charge < -0.3 is 24.1 Å². The van der Waals surface area contributed by atoms with Gasteiger partial charge >= 0.3 is 6.18 Å². The molecule has 2 aromatic heterocycles. The number of hydrogen-bond acceptors (Lipinski definition) is 6. The van der Waals surface area contributed by atoms with Crippen molar-refractivity contribution in [2.45, 2.75) is 18.7 Å². The van der Waals surface area contributed by atoms with Gasteiger partial charge in [0.05, 0.1) is 31.8 Å². The molecule has 1 N–H and O–H groups in total. The van der Waals surface area contributed by atoms with Gasteiger partial charge in [-0.3, -0.25) is 4.79 Å². The fourth-order valence-corrected chi connectivity index (χ4v) is 3.76. The summed E-state index contributed by atoms with van der Waals surface area (Å²) in [5.74, 6) is -0.766. The van der Waals surface area contributed by atoms with Crippen LogP contribution in [0.5, 0.6) is 17.4 Å². The van der Waals surface area contributed by atoms with Crippen molar-refractivity contribution in [3.63, 3.8) is 0 Å². The summed E-state index contributed by atoms with van der Waals surface area (Å²) in [5, 5.41) is 2.43. The second-order valence-corrected chi connectivity index (χ2v) is 7.45. The third-order valence-corrected chi connectivity index (χ3v) is 5.34. The van der Waals surface area contributed by atoms with Crippen molar-refractivity contribution >= 4 is 16.9 Å². The van der Waals surface area contributed by atoms with Crippen LogP contribution in [0.4, 0.5) is 13.2 Å². The van der Waals surface area contributed by atoms with E-state index in [9.17, 15) is 18.0 Å². The lowest BCUT2D eigenvalue weighted by atomic mass is 10.0. The summed E-state index contributed by atoms with van der Waals surface area (Å²) in [4.78, 5) is 20.2. The number of fused-ring (bicyclic) bond motifs is 1. The second kappa shape index (κ2) is 8.21. The smallest absolute Gasteiger partial charge is 0.425 e. The molecule has 11 heteroatoms. The number of ether oxygens (including phenoxy) is 3. The molecule has 0 unspecified atom stereocenters. The number of pyridine rings is 1. The molecule has 0 saturated carbocycles. The van der Waals surface area contributed by atoms with E-state index in [1.807, 2.05) is 0 Å². The zero-order valence-electron chi connectivity index (χ0n) is 17.6. The van der Waals surface area contributed by atoms with Crippen LogP contribution in [0.15, 0.2) is 30.6 Å². The van der Waals surface area contributed by atoms with Gasteiger partial charge in [-0.25, -0.2) is 9.97 Å². The topological polar surface area (TPSA) is 87.5 Å². The number of amides is 1. The van der Waals surface area contributed by atoms with Crippen molar-refractivity contribution in [2.24, 2.45) is 13.0 Å². The number of hydrogen-bond donors (Lipinski definition) is 1. The van der Waals surface area contributed by atoms with Crippen LogP contribution in [-0.2, 0) is 11.8 Å². The first-order chi connectivity index (χ1) is 15.2. The quantitative estimate of drug-likeness (QED) is 0.621. The van der Waals surface area contributed by atoms with Gasteiger partial charge in [-0.05, 0) is 24.3 Å². The first kappa shape index (κ1) is 21.7. The molecule has 0 spiro atoms. The number of imidazole rings is 1. The lowest BCUT2D eigenvalue weighted by Gasteiger charge is -2.26. The van der Waals surface area contributed by atoms with Gasteiger partial charge in [0.15, 0.2) is 11.5 Å². The zero-order chi connectivity index (χ0) is 23.0. The van der Waals surface area contributed by atoms with Gasteiger partial charge in [0.1, 0.15) is 5.52 Å². The highest BCUT2D eigenvalue weighted by molar-refractivity contribution is 5.85. The van der Waals surface area contributed by atoms with Gasteiger partial charge in [-0.15, -0.1) is 0 Å². The monoisotopic (exact) mass is 450 g/mol. The fraction of sp³-hybridized carbons (Fsp3) is 0.381. The number of nitrogens with one attached hydrogen (secondary N) is 1. The summed E-state index contributed by atoms with van der Waals surface area (Å²) >= 11 is 0. The summed E-state index contributed by atoms with van der Waals surface area (Å²) in [6.45, 7) is -0.118. The third kappa shape index (κ3) is 4.02. The minimum atomic E-state index is -4.69. The predicted octanol–water partition coefficient (Wildman–Crippen LogP) is 3.10. The highest BCUT2D eigenvalue weighted by atomic mass is 19.4. The average molecular weight is 450 g/mol. The number of aryl methyl sites for hydroxylation is 1. The van der Waals surface area contributed by atoms with Gasteiger partial charge in [-0.2, -0.15) is 13.2 Å². The highest BCUT2D eigenvalue weighted by Crippen LogP contribution is 2.37. The van der Waals surface area contributed by atoms with Crippen molar-refractivity contribution in [2.75, 3.05) is 20.8 Å². The van der Waals surface area contributed by atoms with Crippen LogP contribution in [0.1, 0.15) is 6.42 Å². The molecule has 32 heavy (non-hydrogen) atoms. The Morgan fingerprint density at radius 2 is 1.94 bits per heavy atom. The van der Waals surface area contributed by atoms with Crippen LogP contribution in [0.2, 0.25) is 0 Å². The van der Waals surface area contributed by atoms with E-state index in [1.54, 1.807) is 35.9 Å². The maximum absolute atomic E-state index is 13.9. The van der Waals surface area contributed by atoms with Crippen molar-refractivity contribution in [1.29, 1.82) is 0 Å². The van der Waals surface area contributed by atoms with Gasteiger partial charge in [0.2, 0.25) is 17.9 Å². The normalized spacial score (nSPS) is 17.3. The van der Waals surface area contributed by atoms with E-state index in [-0.39, 0.29) is 18.8 Å². The van der Waals surface area contributed by atoms with Gasteiger partial charge in [0, 0.05) is 31.5 Å². The number of methoxy groups -OCH3 is 2. The molecule has 1 aromatic carbocycles. The molecule has 3 aromatic rings. The molecule has 170 valence electrons. The molecule has 0 radical (unpaired) electrons. The van der Waals surface area contributed by atoms with Crippen molar-refractivity contribution < 1.29 is 32.2 Å². The van der Waals surface area contributed by atoms with Crippen LogP contribution >= 0.6 is 0 Å². The maximum Gasteiger partial charge on any atom is 0.425 e. The number of carbonyl (C=O) groups excluding carboxylic acids is 1. The van der Waals surface area contributed by atoms with E-state index >= 15 is 0 Å². The molecule has 1 fully saturated rings. The standard InChI is InChI=1S/C21H21F3N4O4/c1-28-10-26-14-8-13(11-4-5-15(30-2)16(6-11)31-3)27-20(18(14)28)32-19(21(22,23)24)12-7-17(29)25-9-12/h4-6,8,10,12,19H,7,9H2,1-3H3,(H,25,29)/t12-,19+/m1/s1. The van der Waals surface area contributed by atoms with Crippen LogP contribution in [0.25, 0.3) is 22.3 Å². The highest BCUT2D eigenvalue weighted by Gasteiger charge is 2.49. The van der Waals surface area contributed by atoms with Crippen molar-refractivity contribution in [1.82, 2.24) is 19.9 Å². The van der Waals surface area contributed by atoms with Gasteiger partial charge in [-0.1, -0.05) is 0 Å². The van der Waals surface area contributed by atoms with Crippen LogP contribution < -0.4 is 19.5 Å². The first-order valence-corrected chi connectivity index (χ1v) is 9.75. The molecule has 3 heterocycles. The summed E-state index contributed by atoms with van der Waals surface area (Å²) < 4.78 is 59.2. The number of alkyl halides is 3. The zero-order valence-corrected chi connectivity index (χ0v) is 17.6. The average Bonchev–Trinajstić information content (AvgIpc) is 3.36. The molecule has 0 aliphatic carbocycles. The lowest BCUT2D eigenvalue weighted by Crippen LogP contribution is -2.42. The van der Waals surface area contributed by atoms with Crippen molar-refractivity contribution in [3.8, 4) is 28.6 Å². The Hall–Kier alpha value is -3.50. The molecule has 1 amide bonds. The number of aromatic nitrogens is 3. The molecule has 1 aliphatic heterocycles. The van der Waals surface area contributed by atoms with E-state index < -0.39 is 24.1 Å². The number of rotatable bonds is 6. The predicted molar refractivity (Wildman–Crippen MR) is 109 cm³/mol. The number of benzene rings is 1. The van der Waals surface area contributed by atoms with Crippen LogP contribution in [-0.4, -0.2) is 53.5 Å². The van der Waals surface area contributed by atoms with Crippen LogP contribution in [0, 0.1) is 5.92 Å². The molecule has 1 aliphatic rings. The second-order valence-electron chi connectivity index (χ2n) is 7.45. The molecular weight excluding hydrogens is 429 g/mol. The Morgan fingerprint density at radius 3 is 2.56 bits per heavy atom. The van der Waals surface area contributed by atoms with Gasteiger partial charge in [0.25, 0.3) is 0 Å². The molecule has 0 bridgehead atoms. The molecule has 1 saturated heterocycles. The number of nitrogens with zero attached hydrogens (tertiary/aromatic N) is 3. The minimum absolute atomic E-state index is 0.118. The lowest BCUT2D eigenvalue weighted by molar-refractivity contribution is -0.208. The Bertz CT molecular complexity index is 1160. The summed E-state index contributed by atoms with van der Waals surface area (Å²) in [6.07, 6.45) is -5.69. The Morgan fingerprint density at radius 1 is 1.19 bits per heavy atom. The maximum atomic E-state index is 13.9. The molecular formula is C21H21F3N4O4. The molecule has 8 nitrogen and oxygen atoms in total. The van der Waals surface area contributed by atoms with Crippen LogP contribution in [0.3, 0.4) is 0 Å². The molecule has 2 atom stereocenters. The molecule has 4 rings (SSSR count). The number of halogens is 3. The van der Waals surface area contributed by atoms with E-state index in [4.69, 9.17) is 14.2 Å². The minimum Gasteiger partial charge on any atom is -0.493 e. The van der Waals surface area contributed by atoms with E-state index in [2.05, 4.69) is 15.3 Å². The van der Waals surface area contributed by atoms with E-state index in [1.165, 1.54) is 20.5 Å². The Balaban J connectivity index is 1.80. The summed E-state index contributed by atoms with van der Waals surface area (Å²) in [5.41, 5.74) is 1.68.